The molecule has 17 heavy (non-hydrogen) atoms. The molecule has 0 aliphatic heterocycles. The molecule has 1 heterocycles. The summed E-state index contributed by atoms with van der Waals surface area (Å²) in [6.45, 7) is 0. The Morgan fingerprint density at radius 2 is 1.88 bits per heavy atom. The van der Waals surface area contributed by atoms with Crippen LogP contribution < -0.4 is 4.18 Å². The summed E-state index contributed by atoms with van der Waals surface area (Å²) in [5, 5.41) is 19.9. The molecule has 7 heteroatoms. The Kier molecular flexibility index (Phi) is 2.95. The molecule has 0 spiro atoms. The fourth-order valence-electron chi connectivity index (χ4n) is 1.13. The van der Waals surface area contributed by atoms with Crippen LogP contribution in [0.15, 0.2) is 39.9 Å². The van der Waals surface area contributed by atoms with Gasteiger partial charge in [-0.25, -0.2) is 0 Å². The average Bonchev–Trinajstić information content (AvgIpc) is 2.77. The van der Waals surface area contributed by atoms with E-state index < -0.39 is 15.9 Å². The number of phenolic OH excluding ortho intramolecular Hbond substituents is 2. The van der Waals surface area contributed by atoms with Gasteiger partial charge < -0.3 is 14.4 Å². The fraction of sp³-hybridized carbons (Fsp3) is 0. The third kappa shape index (κ3) is 2.51. The molecule has 0 fully saturated rings. The molecule has 2 aromatic rings. The molecule has 0 saturated heterocycles. The van der Waals surface area contributed by atoms with E-state index in [9.17, 15) is 13.5 Å². The molecular weight excluding hydrogens is 264 g/mol. The minimum absolute atomic E-state index is 0.0614. The number of aromatic hydroxyl groups is 2. The molecule has 1 aromatic heterocycles. The molecule has 0 aliphatic rings. The zero-order valence-electron chi connectivity index (χ0n) is 8.40. The lowest BCUT2D eigenvalue weighted by atomic mass is 10.3. The second kappa shape index (κ2) is 4.27. The third-order valence-electron chi connectivity index (χ3n) is 1.89. The van der Waals surface area contributed by atoms with Gasteiger partial charge in [0.05, 0.1) is 0 Å². The molecule has 2 N–H and O–H groups in total. The van der Waals surface area contributed by atoms with E-state index >= 15 is 0 Å². The quantitative estimate of drug-likeness (QED) is 0.659. The highest BCUT2D eigenvalue weighted by Crippen LogP contribution is 2.30. The van der Waals surface area contributed by atoms with Crippen molar-refractivity contribution in [1.29, 1.82) is 0 Å². The SMILES string of the molecule is O=S(=O)(Oc1ccc(O)c(O)c1)c1cccs1. The van der Waals surface area contributed by atoms with Gasteiger partial charge in [0.2, 0.25) is 0 Å². The van der Waals surface area contributed by atoms with Crippen LogP contribution in [0.2, 0.25) is 0 Å². The van der Waals surface area contributed by atoms with Gasteiger partial charge in [0.1, 0.15) is 5.75 Å². The molecule has 5 nitrogen and oxygen atoms in total. The van der Waals surface area contributed by atoms with Crippen LogP contribution in [0.5, 0.6) is 17.2 Å². The molecule has 0 radical (unpaired) electrons. The minimum Gasteiger partial charge on any atom is -0.504 e. The molecule has 0 saturated carbocycles. The van der Waals surface area contributed by atoms with Crippen LogP contribution >= 0.6 is 11.3 Å². The number of hydrogen-bond donors (Lipinski definition) is 2. The van der Waals surface area contributed by atoms with Gasteiger partial charge in [-0.15, -0.1) is 11.3 Å². The highest BCUT2D eigenvalue weighted by molar-refractivity contribution is 7.89. The van der Waals surface area contributed by atoms with Crippen LogP contribution in [-0.4, -0.2) is 18.6 Å². The van der Waals surface area contributed by atoms with Crippen molar-refractivity contribution in [3.8, 4) is 17.2 Å². The summed E-state index contributed by atoms with van der Waals surface area (Å²) < 4.78 is 28.3. The highest BCUT2D eigenvalue weighted by atomic mass is 32.3. The van der Waals surface area contributed by atoms with Crippen molar-refractivity contribution < 1.29 is 22.8 Å². The second-order valence-corrected chi connectivity index (χ2v) is 5.84. The lowest BCUT2D eigenvalue weighted by Gasteiger charge is -2.05. The van der Waals surface area contributed by atoms with Crippen LogP contribution in [0.4, 0.5) is 0 Å². The van der Waals surface area contributed by atoms with E-state index in [1.165, 1.54) is 12.1 Å². The van der Waals surface area contributed by atoms with Crippen molar-refractivity contribution in [3.63, 3.8) is 0 Å². The van der Waals surface area contributed by atoms with E-state index in [1.807, 2.05) is 0 Å². The van der Waals surface area contributed by atoms with Gasteiger partial charge in [0, 0.05) is 6.07 Å². The smallest absolute Gasteiger partial charge is 0.348 e. The van der Waals surface area contributed by atoms with Gasteiger partial charge in [-0.2, -0.15) is 8.42 Å². The maximum Gasteiger partial charge on any atom is 0.348 e. The predicted molar refractivity (Wildman–Crippen MR) is 61.9 cm³/mol. The van der Waals surface area contributed by atoms with Gasteiger partial charge in [-0.05, 0) is 23.6 Å². The Bertz CT molecular complexity index is 616. The summed E-state index contributed by atoms with van der Waals surface area (Å²) in [6.07, 6.45) is 0. The van der Waals surface area contributed by atoms with Gasteiger partial charge in [0.15, 0.2) is 15.7 Å². The Morgan fingerprint density at radius 3 is 2.47 bits per heavy atom. The summed E-state index contributed by atoms with van der Waals surface area (Å²) >= 11 is 1.03. The summed E-state index contributed by atoms with van der Waals surface area (Å²) in [6, 6.07) is 6.44. The van der Waals surface area contributed by atoms with Crippen LogP contribution in [0.25, 0.3) is 0 Å². The first-order chi connectivity index (χ1) is 7.99. The first-order valence-electron chi connectivity index (χ1n) is 4.49. The van der Waals surface area contributed by atoms with Gasteiger partial charge in [-0.3, -0.25) is 0 Å². The summed E-state index contributed by atoms with van der Waals surface area (Å²) in [5.41, 5.74) is 0. The molecule has 2 rings (SSSR count). The number of benzene rings is 1. The Balaban J connectivity index is 2.30. The summed E-state index contributed by atoms with van der Waals surface area (Å²) in [4.78, 5) is 0. The van der Waals surface area contributed by atoms with Crippen LogP contribution in [0.1, 0.15) is 0 Å². The van der Waals surface area contributed by atoms with Crippen molar-refractivity contribution >= 4 is 21.5 Å². The minimum atomic E-state index is -3.87. The number of thiophene rings is 1. The van der Waals surface area contributed by atoms with Crippen LogP contribution in [0, 0.1) is 0 Å². The van der Waals surface area contributed by atoms with Gasteiger partial charge in [0.25, 0.3) is 0 Å². The van der Waals surface area contributed by atoms with Crippen LogP contribution in [-0.2, 0) is 10.1 Å². The standard InChI is InChI=1S/C10H8O5S2/c11-8-4-3-7(6-9(8)12)15-17(13,14)10-2-1-5-16-10/h1-6,11-12H. The fourth-order valence-corrected chi connectivity index (χ4v) is 3.00. The van der Waals surface area contributed by atoms with Gasteiger partial charge >= 0.3 is 10.1 Å². The Labute approximate surface area is 102 Å². The molecule has 0 aliphatic carbocycles. The molecular formula is C10H8O5S2. The largest absolute Gasteiger partial charge is 0.504 e. The van der Waals surface area contributed by atoms with Crippen molar-refractivity contribution in [2.75, 3.05) is 0 Å². The second-order valence-electron chi connectivity index (χ2n) is 3.12. The Morgan fingerprint density at radius 1 is 1.12 bits per heavy atom. The van der Waals surface area contributed by atoms with Crippen LogP contribution in [0.3, 0.4) is 0 Å². The average molecular weight is 272 g/mol. The lowest BCUT2D eigenvalue weighted by Crippen LogP contribution is -2.07. The van der Waals surface area contributed by atoms with E-state index in [2.05, 4.69) is 0 Å². The maximum atomic E-state index is 11.7. The zero-order valence-corrected chi connectivity index (χ0v) is 10.0. The number of phenols is 2. The lowest BCUT2D eigenvalue weighted by molar-refractivity contribution is 0.400. The topological polar surface area (TPSA) is 83.8 Å². The predicted octanol–water partition coefficient (Wildman–Crippen LogP) is 1.93. The van der Waals surface area contributed by atoms with Crippen molar-refractivity contribution in [2.24, 2.45) is 0 Å². The van der Waals surface area contributed by atoms with E-state index in [-0.39, 0.29) is 15.7 Å². The molecule has 0 unspecified atom stereocenters. The first kappa shape index (κ1) is 11.7. The van der Waals surface area contributed by atoms with Crippen molar-refractivity contribution in [3.05, 3.63) is 35.7 Å². The van der Waals surface area contributed by atoms with Crippen molar-refractivity contribution in [2.45, 2.75) is 4.21 Å². The zero-order chi connectivity index (χ0) is 12.5. The molecule has 0 amide bonds. The summed E-state index contributed by atoms with van der Waals surface area (Å²) in [5.74, 6) is -0.844. The number of rotatable bonds is 3. The monoisotopic (exact) mass is 272 g/mol. The van der Waals surface area contributed by atoms with E-state index in [0.29, 0.717) is 0 Å². The normalized spacial score (nSPS) is 11.3. The molecule has 0 atom stereocenters. The van der Waals surface area contributed by atoms with E-state index in [0.717, 1.165) is 23.5 Å². The first-order valence-corrected chi connectivity index (χ1v) is 6.78. The third-order valence-corrected chi connectivity index (χ3v) is 4.50. The van der Waals surface area contributed by atoms with Crippen molar-refractivity contribution in [1.82, 2.24) is 0 Å². The highest BCUT2D eigenvalue weighted by Gasteiger charge is 2.18. The van der Waals surface area contributed by atoms with Gasteiger partial charge in [-0.1, -0.05) is 6.07 Å². The molecule has 0 bridgehead atoms. The van der Waals surface area contributed by atoms with E-state index in [1.54, 1.807) is 11.4 Å². The Hall–Kier alpha value is -1.73. The van der Waals surface area contributed by atoms with E-state index in [4.69, 9.17) is 9.29 Å². The molecule has 1 aromatic carbocycles. The summed E-state index contributed by atoms with van der Waals surface area (Å²) in [7, 11) is -3.87. The number of hydrogen-bond acceptors (Lipinski definition) is 6. The molecule has 90 valence electrons. The maximum absolute atomic E-state index is 11.7.